The molecular formula is C19H20ClNO6. The second kappa shape index (κ2) is 8.98. The summed E-state index contributed by atoms with van der Waals surface area (Å²) >= 11 is 5.90. The fraction of sp³-hybridized carbons (Fsp3) is 0.211. The summed E-state index contributed by atoms with van der Waals surface area (Å²) in [5, 5.41) is 16.9. The number of halogens is 1. The topological polar surface area (TPSA) is 88.5 Å². The molecule has 144 valence electrons. The first-order chi connectivity index (χ1) is 12.7. The first-order valence-electron chi connectivity index (χ1n) is 7.91. The number of carbonyl (C=O) groups is 1. The van der Waals surface area contributed by atoms with E-state index in [1.165, 1.54) is 13.8 Å². The summed E-state index contributed by atoms with van der Waals surface area (Å²) in [6.45, 7) is 6.46. The van der Waals surface area contributed by atoms with Crippen molar-refractivity contribution in [3.63, 3.8) is 0 Å². The van der Waals surface area contributed by atoms with E-state index in [1.54, 1.807) is 24.3 Å². The summed E-state index contributed by atoms with van der Waals surface area (Å²) in [5.41, 5.74) is 1.35. The van der Waals surface area contributed by atoms with Crippen molar-refractivity contribution in [2.75, 3.05) is 6.79 Å². The lowest BCUT2D eigenvalue weighted by Gasteiger charge is -2.24. The van der Waals surface area contributed by atoms with Gasteiger partial charge >= 0.3 is 5.97 Å². The van der Waals surface area contributed by atoms with Gasteiger partial charge in [0, 0.05) is 5.02 Å². The van der Waals surface area contributed by atoms with Gasteiger partial charge in [0.2, 0.25) is 6.79 Å². The summed E-state index contributed by atoms with van der Waals surface area (Å²) in [7, 11) is 0. The van der Waals surface area contributed by atoms with Crippen LogP contribution in [-0.4, -0.2) is 34.2 Å². The van der Waals surface area contributed by atoms with Gasteiger partial charge in [-0.05, 0) is 54.8 Å². The molecule has 0 aliphatic carbocycles. The third-order valence-electron chi connectivity index (χ3n) is 3.62. The highest BCUT2D eigenvalue weighted by molar-refractivity contribution is 6.30. The number of hydrogen-bond acceptors (Lipinski definition) is 7. The van der Waals surface area contributed by atoms with E-state index < -0.39 is 23.8 Å². The molecule has 0 saturated heterocycles. The van der Waals surface area contributed by atoms with E-state index in [9.17, 15) is 4.79 Å². The van der Waals surface area contributed by atoms with Crippen molar-refractivity contribution in [1.29, 1.82) is 0 Å². The smallest absolute Gasteiger partial charge is 0.352 e. The number of hydrogen-bond donors (Lipinski definition) is 2. The van der Waals surface area contributed by atoms with Gasteiger partial charge in [-0.25, -0.2) is 9.63 Å². The van der Waals surface area contributed by atoms with Gasteiger partial charge in [-0.1, -0.05) is 42.4 Å². The Bertz CT molecular complexity index is 787. The van der Waals surface area contributed by atoms with E-state index >= 15 is 0 Å². The molecule has 0 aromatic heterocycles. The summed E-state index contributed by atoms with van der Waals surface area (Å²) < 4.78 is 10.4. The zero-order valence-corrected chi connectivity index (χ0v) is 15.6. The zero-order chi connectivity index (χ0) is 20.0. The largest absolute Gasteiger partial charge is 0.476 e. The van der Waals surface area contributed by atoms with E-state index in [0.717, 1.165) is 16.7 Å². The molecular weight excluding hydrogens is 374 g/mol. The fourth-order valence-corrected chi connectivity index (χ4v) is 2.30. The van der Waals surface area contributed by atoms with Crippen molar-refractivity contribution in [2.45, 2.75) is 19.4 Å². The van der Waals surface area contributed by atoms with Crippen LogP contribution in [0.15, 0.2) is 55.1 Å². The number of esters is 1. The minimum absolute atomic E-state index is 0.455. The SMILES string of the molecule is C=C(c1ccc(Cl)cc1)c1ccc(OC(C)(C)C(=O)OCON(O)O)cc1. The molecule has 0 fully saturated rings. The molecule has 8 heteroatoms. The fourth-order valence-electron chi connectivity index (χ4n) is 2.18. The normalized spacial score (nSPS) is 11.3. The number of rotatable bonds is 8. The second-order valence-electron chi connectivity index (χ2n) is 6.05. The van der Waals surface area contributed by atoms with Gasteiger partial charge in [0.25, 0.3) is 0 Å². The molecule has 2 aromatic rings. The lowest BCUT2D eigenvalue weighted by Crippen LogP contribution is -2.40. The van der Waals surface area contributed by atoms with Gasteiger partial charge in [0.05, 0.1) is 5.39 Å². The quantitative estimate of drug-likeness (QED) is 0.397. The maximum Gasteiger partial charge on any atom is 0.352 e. The van der Waals surface area contributed by atoms with Crippen LogP contribution < -0.4 is 4.74 Å². The van der Waals surface area contributed by atoms with Crippen molar-refractivity contribution in [3.05, 3.63) is 71.3 Å². The monoisotopic (exact) mass is 393 g/mol. The molecule has 2 aromatic carbocycles. The Balaban J connectivity index is 2.00. The molecule has 0 spiro atoms. The van der Waals surface area contributed by atoms with Crippen LogP contribution in [0, 0.1) is 0 Å². The first-order valence-corrected chi connectivity index (χ1v) is 8.29. The van der Waals surface area contributed by atoms with Gasteiger partial charge in [-0.15, -0.1) is 0 Å². The van der Waals surface area contributed by atoms with Crippen LogP contribution in [0.25, 0.3) is 5.57 Å². The molecule has 0 heterocycles. The first kappa shape index (κ1) is 20.9. The average Bonchev–Trinajstić information content (AvgIpc) is 2.61. The lowest BCUT2D eigenvalue weighted by molar-refractivity contribution is -0.504. The van der Waals surface area contributed by atoms with E-state index in [2.05, 4.69) is 11.4 Å². The van der Waals surface area contributed by atoms with Gasteiger partial charge in [0.1, 0.15) is 5.75 Å². The summed E-state index contributed by atoms with van der Waals surface area (Å²) in [6.07, 6.45) is 0. The third-order valence-corrected chi connectivity index (χ3v) is 3.87. The van der Waals surface area contributed by atoms with E-state index in [-0.39, 0.29) is 0 Å². The lowest BCUT2D eigenvalue weighted by atomic mass is 10.00. The zero-order valence-electron chi connectivity index (χ0n) is 14.9. The molecule has 0 saturated carbocycles. The molecule has 0 atom stereocenters. The van der Waals surface area contributed by atoms with Gasteiger partial charge in [-0.3, -0.25) is 10.4 Å². The van der Waals surface area contributed by atoms with Gasteiger partial charge in [0.15, 0.2) is 5.60 Å². The Hall–Kier alpha value is -2.42. The van der Waals surface area contributed by atoms with Crippen molar-refractivity contribution >= 4 is 23.1 Å². The standard InChI is InChI=1S/C19H20ClNO6/c1-13(14-4-8-16(20)9-5-14)15-6-10-17(11-7-15)27-19(2,3)18(22)25-12-26-21(23)24/h4-11,23-24H,1,12H2,2-3H3. The Morgan fingerprint density at radius 2 is 1.59 bits per heavy atom. The van der Waals surface area contributed by atoms with Crippen LogP contribution in [0.1, 0.15) is 25.0 Å². The molecule has 0 unspecified atom stereocenters. The highest BCUT2D eigenvalue weighted by Gasteiger charge is 2.32. The Labute approximate surface area is 161 Å². The highest BCUT2D eigenvalue weighted by atomic mass is 35.5. The molecule has 0 bridgehead atoms. The number of benzene rings is 2. The summed E-state index contributed by atoms with van der Waals surface area (Å²) in [5.74, 6) is -0.282. The third kappa shape index (κ3) is 6.06. The summed E-state index contributed by atoms with van der Waals surface area (Å²) in [6, 6.07) is 14.4. The van der Waals surface area contributed by atoms with Crippen molar-refractivity contribution in [2.24, 2.45) is 0 Å². The minimum Gasteiger partial charge on any atom is -0.476 e. The maximum absolute atomic E-state index is 12.0. The van der Waals surface area contributed by atoms with E-state index in [0.29, 0.717) is 10.8 Å². The molecule has 0 radical (unpaired) electrons. The molecule has 2 N–H and O–H groups in total. The predicted molar refractivity (Wildman–Crippen MR) is 98.2 cm³/mol. The molecule has 0 aliphatic rings. The Kier molecular flexibility index (Phi) is 6.95. The van der Waals surface area contributed by atoms with Crippen molar-refractivity contribution < 1.29 is 29.5 Å². The van der Waals surface area contributed by atoms with E-state index in [1.807, 2.05) is 24.3 Å². The van der Waals surface area contributed by atoms with Crippen molar-refractivity contribution in [1.82, 2.24) is 5.39 Å². The van der Waals surface area contributed by atoms with Crippen LogP contribution in [0.3, 0.4) is 0 Å². The molecule has 0 amide bonds. The Morgan fingerprint density at radius 3 is 2.11 bits per heavy atom. The van der Waals surface area contributed by atoms with Gasteiger partial charge in [-0.2, -0.15) is 0 Å². The van der Waals surface area contributed by atoms with Crippen LogP contribution in [0.5, 0.6) is 5.75 Å². The summed E-state index contributed by atoms with van der Waals surface area (Å²) in [4.78, 5) is 16.2. The van der Waals surface area contributed by atoms with Crippen LogP contribution >= 0.6 is 11.6 Å². The second-order valence-corrected chi connectivity index (χ2v) is 6.49. The molecule has 0 aliphatic heterocycles. The van der Waals surface area contributed by atoms with Crippen molar-refractivity contribution in [3.8, 4) is 5.75 Å². The molecule has 7 nitrogen and oxygen atoms in total. The minimum atomic E-state index is -1.31. The van der Waals surface area contributed by atoms with Crippen LogP contribution in [-0.2, 0) is 14.4 Å². The maximum atomic E-state index is 12.0. The van der Waals surface area contributed by atoms with E-state index in [4.69, 9.17) is 31.5 Å². The van der Waals surface area contributed by atoms with Gasteiger partial charge < -0.3 is 9.47 Å². The molecule has 27 heavy (non-hydrogen) atoms. The highest BCUT2D eigenvalue weighted by Crippen LogP contribution is 2.26. The number of carbonyl (C=O) groups excluding carboxylic acids is 1. The predicted octanol–water partition coefficient (Wildman–Crippen LogP) is 4.07. The number of ether oxygens (including phenoxy) is 2. The molecule has 2 rings (SSSR count). The number of nitrogens with zero attached hydrogens (tertiary/aromatic N) is 1. The van der Waals surface area contributed by atoms with Crippen LogP contribution in [0.2, 0.25) is 5.02 Å². The Morgan fingerprint density at radius 1 is 1.07 bits per heavy atom. The average molecular weight is 394 g/mol. The van der Waals surface area contributed by atoms with Crippen LogP contribution in [0.4, 0.5) is 0 Å².